The third kappa shape index (κ3) is 2.36. The van der Waals surface area contributed by atoms with Crippen LogP contribution in [0.5, 0.6) is 0 Å². The monoisotopic (exact) mass is 255 g/mol. The molecule has 1 amide bonds. The molecule has 1 N–H and O–H groups in total. The Morgan fingerprint density at radius 3 is 2.82 bits per heavy atom. The van der Waals surface area contributed by atoms with Crippen LogP contribution in [0.1, 0.15) is 30.1 Å². The molecule has 1 aliphatic carbocycles. The van der Waals surface area contributed by atoms with Gasteiger partial charge in [0.15, 0.2) is 0 Å². The molecule has 0 unspecified atom stereocenters. The third-order valence-corrected chi connectivity index (χ3v) is 3.00. The first kappa shape index (κ1) is 11.8. The number of nitrogens with one attached hydrogen (secondary N) is 1. The second-order valence-corrected chi connectivity index (χ2v) is 4.63. The normalized spacial score (nSPS) is 16.4. The number of nitro groups is 1. The maximum atomic E-state index is 11.9. The lowest BCUT2D eigenvalue weighted by Crippen LogP contribution is -2.34. The minimum atomic E-state index is -0.695. The molecule has 0 saturated heterocycles. The highest BCUT2D eigenvalue weighted by atomic mass is 35.5. The molecular weight excluding hydrogens is 246 g/mol. The average molecular weight is 256 g/mol. The van der Waals surface area contributed by atoms with Gasteiger partial charge in [0.1, 0.15) is 5.56 Å². The van der Waals surface area contributed by atoms with E-state index in [0.29, 0.717) is 0 Å². The fraction of sp³-hybridized carbons (Fsp3) is 0.400. The molecule has 7 heteroatoms. The van der Waals surface area contributed by atoms with Crippen molar-refractivity contribution >= 4 is 23.2 Å². The molecule has 17 heavy (non-hydrogen) atoms. The summed E-state index contributed by atoms with van der Waals surface area (Å²) in [6.07, 6.45) is 3.04. The number of halogens is 1. The number of carbonyl (C=O) groups excluding carboxylic acids is 1. The van der Waals surface area contributed by atoms with Gasteiger partial charge in [-0.2, -0.15) is 0 Å². The first-order valence-corrected chi connectivity index (χ1v) is 5.42. The second-order valence-electron chi connectivity index (χ2n) is 4.27. The van der Waals surface area contributed by atoms with Gasteiger partial charge < -0.3 is 5.32 Å². The van der Waals surface area contributed by atoms with Gasteiger partial charge in [0.25, 0.3) is 5.91 Å². The lowest BCUT2D eigenvalue weighted by molar-refractivity contribution is -0.385. The van der Waals surface area contributed by atoms with Crippen LogP contribution < -0.4 is 5.32 Å². The SMILES string of the molecule is CC1(NC(=O)c2ccnc(Cl)c2[N+](=O)[O-])CC1. The summed E-state index contributed by atoms with van der Waals surface area (Å²) in [6, 6.07) is 1.30. The van der Waals surface area contributed by atoms with Crippen LogP contribution in [0.15, 0.2) is 12.3 Å². The quantitative estimate of drug-likeness (QED) is 0.508. The van der Waals surface area contributed by atoms with Gasteiger partial charge in [0, 0.05) is 11.7 Å². The van der Waals surface area contributed by atoms with Gasteiger partial charge in [0.05, 0.1) is 4.92 Å². The number of amides is 1. The number of hydrogen-bond acceptors (Lipinski definition) is 4. The molecule has 0 aromatic carbocycles. The summed E-state index contributed by atoms with van der Waals surface area (Å²) in [4.78, 5) is 25.6. The molecule has 0 radical (unpaired) electrons. The van der Waals surface area contributed by atoms with Crippen LogP contribution in [-0.4, -0.2) is 21.4 Å². The predicted molar refractivity (Wildman–Crippen MR) is 61.0 cm³/mol. The Kier molecular flexibility index (Phi) is 2.74. The number of carbonyl (C=O) groups is 1. The molecule has 0 atom stereocenters. The summed E-state index contributed by atoms with van der Waals surface area (Å²) in [5.74, 6) is -0.485. The van der Waals surface area contributed by atoms with E-state index >= 15 is 0 Å². The first-order chi connectivity index (χ1) is 7.93. The van der Waals surface area contributed by atoms with E-state index in [2.05, 4.69) is 10.3 Å². The van der Waals surface area contributed by atoms with Gasteiger partial charge in [-0.15, -0.1) is 0 Å². The predicted octanol–water partition coefficient (Wildman–Crippen LogP) is 1.93. The Morgan fingerprint density at radius 2 is 2.29 bits per heavy atom. The summed E-state index contributed by atoms with van der Waals surface area (Å²) < 4.78 is 0. The van der Waals surface area contributed by atoms with Crippen molar-refractivity contribution in [2.24, 2.45) is 0 Å². The van der Waals surface area contributed by atoms with E-state index in [1.165, 1.54) is 12.3 Å². The fourth-order valence-electron chi connectivity index (χ4n) is 1.44. The maximum Gasteiger partial charge on any atom is 0.319 e. The molecule has 1 fully saturated rings. The van der Waals surface area contributed by atoms with Crippen molar-refractivity contribution in [3.63, 3.8) is 0 Å². The Morgan fingerprint density at radius 1 is 1.65 bits per heavy atom. The number of nitrogens with zero attached hydrogens (tertiary/aromatic N) is 2. The van der Waals surface area contributed by atoms with Crippen LogP contribution in [0.4, 0.5) is 5.69 Å². The van der Waals surface area contributed by atoms with Crippen molar-refractivity contribution in [1.82, 2.24) is 10.3 Å². The van der Waals surface area contributed by atoms with Gasteiger partial charge in [-0.1, -0.05) is 11.6 Å². The summed E-state index contributed by atoms with van der Waals surface area (Å²) in [7, 11) is 0. The molecule has 0 aliphatic heterocycles. The van der Waals surface area contributed by atoms with Crippen LogP contribution in [0.25, 0.3) is 0 Å². The molecule has 0 spiro atoms. The van der Waals surface area contributed by atoms with Crippen molar-refractivity contribution in [3.8, 4) is 0 Å². The zero-order valence-corrected chi connectivity index (χ0v) is 9.82. The number of aromatic nitrogens is 1. The van der Waals surface area contributed by atoms with Gasteiger partial charge >= 0.3 is 5.69 Å². The number of pyridine rings is 1. The summed E-state index contributed by atoms with van der Waals surface area (Å²) in [5.41, 5.74) is -0.736. The second kappa shape index (κ2) is 3.96. The highest BCUT2D eigenvalue weighted by molar-refractivity contribution is 6.32. The number of hydrogen-bond donors (Lipinski definition) is 1. The van der Waals surface area contributed by atoms with Crippen molar-refractivity contribution < 1.29 is 9.72 Å². The van der Waals surface area contributed by atoms with Gasteiger partial charge in [-0.05, 0) is 25.8 Å². The third-order valence-electron chi connectivity index (χ3n) is 2.72. The van der Waals surface area contributed by atoms with Crippen molar-refractivity contribution in [2.75, 3.05) is 0 Å². The minimum absolute atomic E-state index is 0.0527. The lowest BCUT2D eigenvalue weighted by atomic mass is 10.2. The van der Waals surface area contributed by atoms with Gasteiger partial charge in [-0.3, -0.25) is 14.9 Å². The van der Waals surface area contributed by atoms with Crippen molar-refractivity contribution in [1.29, 1.82) is 0 Å². The lowest BCUT2D eigenvalue weighted by Gasteiger charge is -2.11. The van der Waals surface area contributed by atoms with Crippen LogP contribution in [0.3, 0.4) is 0 Å². The van der Waals surface area contributed by atoms with Crippen LogP contribution in [0.2, 0.25) is 5.15 Å². The molecule has 1 heterocycles. The fourth-order valence-corrected chi connectivity index (χ4v) is 1.67. The minimum Gasteiger partial charge on any atom is -0.347 e. The zero-order chi connectivity index (χ0) is 12.6. The summed E-state index contributed by atoms with van der Waals surface area (Å²) in [6.45, 7) is 1.89. The average Bonchev–Trinajstić information content (AvgIpc) is 2.95. The Bertz CT molecular complexity index is 500. The van der Waals surface area contributed by atoms with E-state index in [4.69, 9.17) is 11.6 Å². The van der Waals surface area contributed by atoms with Gasteiger partial charge in [-0.25, -0.2) is 4.98 Å². The maximum absolute atomic E-state index is 11.9. The molecular formula is C10H10ClN3O3. The summed E-state index contributed by atoms with van der Waals surface area (Å²) >= 11 is 5.62. The molecule has 6 nitrogen and oxygen atoms in total. The van der Waals surface area contributed by atoms with E-state index < -0.39 is 16.5 Å². The van der Waals surface area contributed by atoms with E-state index in [9.17, 15) is 14.9 Å². The van der Waals surface area contributed by atoms with Crippen molar-refractivity contribution in [2.45, 2.75) is 25.3 Å². The van der Waals surface area contributed by atoms with Gasteiger partial charge in [0.2, 0.25) is 5.15 Å². The zero-order valence-electron chi connectivity index (χ0n) is 9.07. The van der Waals surface area contributed by atoms with E-state index in [1.807, 2.05) is 6.92 Å². The van der Waals surface area contributed by atoms with E-state index in [0.717, 1.165) is 12.8 Å². The molecule has 90 valence electrons. The Labute approximate surface area is 102 Å². The Hall–Kier alpha value is -1.69. The van der Waals surface area contributed by atoms with Crippen LogP contribution in [-0.2, 0) is 0 Å². The highest BCUT2D eigenvalue weighted by Crippen LogP contribution is 2.35. The van der Waals surface area contributed by atoms with Crippen LogP contribution in [0, 0.1) is 10.1 Å². The molecule has 1 aromatic heterocycles. The largest absolute Gasteiger partial charge is 0.347 e. The molecule has 0 bridgehead atoms. The van der Waals surface area contributed by atoms with E-state index in [1.54, 1.807) is 0 Å². The number of rotatable bonds is 3. The van der Waals surface area contributed by atoms with Crippen molar-refractivity contribution in [3.05, 3.63) is 33.1 Å². The molecule has 2 rings (SSSR count). The standard InChI is InChI=1S/C10H10ClN3O3/c1-10(3-4-10)13-9(15)6-2-5-12-8(11)7(6)14(16)17/h2,5H,3-4H2,1H3,(H,13,15). The molecule has 1 saturated carbocycles. The van der Waals surface area contributed by atoms with E-state index in [-0.39, 0.29) is 16.3 Å². The van der Waals surface area contributed by atoms with Crippen LogP contribution >= 0.6 is 11.6 Å². The highest BCUT2D eigenvalue weighted by Gasteiger charge is 2.40. The topological polar surface area (TPSA) is 85.1 Å². The molecule has 1 aromatic rings. The molecule has 1 aliphatic rings. The Balaban J connectivity index is 2.34. The smallest absolute Gasteiger partial charge is 0.319 e. The summed E-state index contributed by atoms with van der Waals surface area (Å²) in [5, 5.41) is 13.3. The first-order valence-electron chi connectivity index (χ1n) is 5.04.